The maximum absolute atomic E-state index is 5.78. The topological polar surface area (TPSA) is 60.2 Å². The number of rotatable bonds is 3. The summed E-state index contributed by atoms with van der Waals surface area (Å²) >= 11 is 0. The van der Waals surface area contributed by atoms with Crippen molar-refractivity contribution in [2.45, 2.75) is 51.2 Å². The van der Waals surface area contributed by atoms with Crippen LogP contribution in [0.15, 0.2) is 4.52 Å². The van der Waals surface area contributed by atoms with E-state index in [-0.39, 0.29) is 5.41 Å². The molecule has 3 aliphatic rings. The molecule has 4 rings (SSSR count). The van der Waals surface area contributed by atoms with Gasteiger partial charge in [-0.1, -0.05) is 19.0 Å². The van der Waals surface area contributed by atoms with Crippen LogP contribution in [0, 0.1) is 11.3 Å². The summed E-state index contributed by atoms with van der Waals surface area (Å²) in [5, 5.41) is 7.47. The SMILES string of the molecule is CC1(C)C(Nc2nc(C3CC3)no2)C2CCOC21. The molecule has 5 nitrogen and oxygen atoms in total. The van der Waals surface area contributed by atoms with Crippen molar-refractivity contribution in [1.82, 2.24) is 10.1 Å². The first-order chi connectivity index (χ1) is 8.66. The van der Waals surface area contributed by atoms with Crippen LogP contribution < -0.4 is 5.32 Å². The largest absolute Gasteiger partial charge is 0.377 e. The second-order valence-corrected chi connectivity index (χ2v) is 6.42. The Bertz CT molecular complexity index is 467. The monoisotopic (exact) mass is 249 g/mol. The summed E-state index contributed by atoms with van der Waals surface area (Å²) in [5.41, 5.74) is 0.148. The molecule has 1 aliphatic heterocycles. The number of hydrogen-bond donors (Lipinski definition) is 1. The van der Waals surface area contributed by atoms with E-state index in [1.54, 1.807) is 0 Å². The molecule has 2 saturated carbocycles. The summed E-state index contributed by atoms with van der Waals surface area (Å²) in [6, 6.07) is 0.970. The maximum atomic E-state index is 5.78. The molecule has 3 fully saturated rings. The molecule has 1 saturated heterocycles. The number of hydrogen-bond acceptors (Lipinski definition) is 5. The molecule has 0 spiro atoms. The Kier molecular flexibility index (Phi) is 2.08. The Balaban J connectivity index is 1.50. The van der Waals surface area contributed by atoms with Gasteiger partial charge in [-0.3, -0.25) is 0 Å². The first-order valence-corrected chi connectivity index (χ1v) is 6.88. The zero-order valence-electron chi connectivity index (χ0n) is 10.8. The standard InChI is InChI=1S/C13H19N3O2/c1-13(2)9(8-5-6-17-10(8)13)14-12-15-11(16-18-12)7-3-4-7/h7-10H,3-6H2,1-2H3,(H,14,15,16). The summed E-state index contributed by atoms with van der Waals surface area (Å²) in [4.78, 5) is 4.44. The van der Waals surface area contributed by atoms with Crippen molar-refractivity contribution < 1.29 is 9.26 Å². The maximum Gasteiger partial charge on any atom is 0.321 e. The van der Waals surface area contributed by atoms with Gasteiger partial charge in [-0.05, 0) is 19.3 Å². The molecular formula is C13H19N3O2. The summed E-state index contributed by atoms with van der Waals surface area (Å²) in [6.07, 6.45) is 3.93. The minimum absolute atomic E-state index is 0.148. The van der Waals surface area contributed by atoms with E-state index in [9.17, 15) is 0 Å². The van der Waals surface area contributed by atoms with Crippen LogP contribution in [-0.2, 0) is 4.74 Å². The molecule has 1 N–H and O–H groups in total. The van der Waals surface area contributed by atoms with Crippen molar-refractivity contribution in [3.8, 4) is 0 Å². The molecule has 0 aromatic carbocycles. The van der Waals surface area contributed by atoms with E-state index >= 15 is 0 Å². The fraction of sp³-hybridized carbons (Fsp3) is 0.846. The summed E-state index contributed by atoms with van der Waals surface area (Å²) in [6.45, 7) is 5.37. The predicted octanol–water partition coefficient (Wildman–Crippen LogP) is 2.17. The summed E-state index contributed by atoms with van der Waals surface area (Å²) in [5.74, 6) is 2.01. The zero-order chi connectivity index (χ0) is 12.3. The third kappa shape index (κ3) is 1.43. The first kappa shape index (κ1) is 10.8. The van der Waals surface area contributed by atoms with Gasteiger partial charge in [0.2, 0.25) is 0 Å². The molecular weight excluding hydrogens is 230 g/mol. The Morgan fingerprint density at radius 3 is 2.89 bits per heavy atom. The van der Waals surface area contributed by atoms with Gasteiger partial charge >= 0.3 is 6.01 Å². The van der Waals surface area contributed by atoms with Crippen LogP contribution in [0.3, 0.4) is 0 Å². The number of fused-ring (bicyclic) bond motifs is 1. The lowest BCUT2D eigenvalue weighted by Gasteiger charge is -2.54. The molecule has 98 valence electrons. The molecule has 0 radical (unpaired) electrons. The number of ether oxygens (including phenoxy) is 1. The van der Waals surface area contributed by atoms with E-state index in [0.29, 0.717) is 30.0 Å². The van der Waals surface area contributed by atoms with Crippen molar-refractivity contribution in [2.24, 2.45) is 11.3 Å². The van der Waals surface area contributed by atoms with Gasteiger partial charge in [0.25, 0.3) is 0 Å². The molecule has 3 atom stereocenters. The van der Waals surface area contributed by atoms with Gasteiger partial charge in [0, 0.05) is 29.9 Å². The van der Waals surface area contributed by atoms with E-state index in [2.05, 4.69) is 29.3 Å². The first-order valence-electron chi connectivity index (χ1n) is 6.88. The number of nitrogens with one attached hydrogen (secondary N) is 1. The van der Waals surface area contributed by atoms with Crippen LogP contribution in [0.25, 0.3) is 0 Å². The third-order valence-electron chi connectivity index (χ3n) is 4.76. The molecule has 1 aromatic rings. The number of aromatic nitrogens is 2. The normalized spacial score (nSPS) is 37.1. The highest BCUT2D eigenvalue weighted by Crippen LogP contribution is 2.53. The average Bonchev–Trinajstić information content (AvgIpc) is 2.93. The second-order valence-electron chi connectivity index (χ2n) is 6.42. The summed E-state index contributed by atoms with van der Waals surface area (Å²) in [7, 11) is 0. The van der Waals surface area contributed by atoms with Crippen LogP contribution in [0.4, 0.5) is 6.01 Å². The zero-order valence-corrected chi connectivity index (χ0v) is 10.8. The van der Waals surface area contributed by atoms with E-state index in [1.807, 2.05) is 0 Å². The van der Waals surface area contributed by atoms with E-state index in [1.165, 1.54) is 12.8 Å². The molecule has 5 heteroatoms. The van der Waals surface area contributed by atoms with Crippen LogP contribution in [0.2, 0.25) is 0 Å². The van der Waals surface area contributed by atoms with Crippen LogP contribution in [-0.4, -0.2) is 28.9 Å². The smallest absolute Gasteiger partial charge is 0.321 e. The quantitative estimate of drug-likeness (QED) is 0.889. The molecule has 0 amide bonds. The van der Waals surface area contributed by atoms with Crippen molar-refractivity contribution in [1.29, 1.82) is 0 Å². The molecule has 3 unspecified atom stereocenters. The van der Waals surface area contributed by atoms with Gasteiger partial charge in [0.05, 0.1) is 6.10 Å². The lowest BCUT2D eigenvalue weighted by atomic mass is 9.57. The average molecular weight is 249 g/mol. The second kappa shape index (κ2) is 3.47. The van der Waals surface area contributed by atoms with Crippen LogP contribution >= 0.6 is 0 Å². The molecule has 1 aromatic heterocycles. The van der Waals surface area contributed by atoms with E-state index in [0.717, 1.165) is 18.9 Å². The van der Waals surface area contributed by atoms with E-state index in [4.69, 9.17) is 9.26 Å². The molecule has 18 heavy (non-hydrogen) atoms. The Hall–Kier alpha value is -1.10. The molecule has 2 aliphatic carbocycles. The van der Waals surface area contributed by atoms with Crippen molar-refractivity contribution >= 4 is 6.01 Å². The van der Waals surface area contributed by atoms with Crippen LogP contribution in [0.5, 0.6) is 0 Å². The van der Waals surface area contributed by atoms with Gasteiger partial charge in [-0.15, -0.1) is 0 Å². The molecule has 2 heterocycles. The Morgan fingerprint density at radius 2 is 2.11 bits per heavy atom. The minimum atomic E-state index is 0.148. The predicted molar refractivity (Wildman–Crippen MR) is 65.3 cm³/mol. The van der Waals surface area contributed by atoms with Gasteiger partial charge < -0.3 is 14.6 Å². The number of nitrogens with zero attached hydrogens (tertiary/aromatic N) is 2. The van der Waals surface area contributed by atoms with Crippen LogP contribution in [0.1, 0.15) is 44.9 Å². The highest BCUT2D eigenvalue weighted by Gasteiger charge is 2.59. The fourth-order valence-corrected chi connectivity index (χ4v) is 3.55. The Labute approximate surface area is 106 Å². The van der Waals surface area contributed by atoms with Gasteiger partial charge in [0.15, 0.2) is 5.82 Å². The molecule has 0 bridgehead atoms. The van der Waals surface area contributed by atoms with Gasteiger partial charge in [-0.2, -0.15) is 4.98 Å². The van der Waals surface area contributed by atoms with Crippen molar-refractivity contribution in [2.75, 3.05) is 11.9 Å². The summed E-state index contributed by atoms with van der Waals surface area (Å²) < 4.78 is 11.1. The highest BCUT2D eigenvalue weighted by molar-refractivity contribution is 5.29. The van der Waals surface area contributed by atoms with Gasteiger partial charge in [-0.25, -0.2) is 0 Å². The van der Waals surface area contributed by atoms with Crippen molar-refractivity contribution in [3.63, 3.8) is 0 Å². The number of anilines is 1. The Morgan fingerprint density at radius 1 is 1.28 bits per heavy atom. The minimum Gasteiger partial charge on any atom is -0.377 e. The highest BCUT2D eigenvalue weighted by atomic mass is 16.5. The van der Waals surface area contributed by atoms with Crippen molar-refractivity contribution in [3.05, 3.63) is 5.82 Å². The third-order valence-corrected chi connectivity index (χ3v) is 4.76. The van der Waals surface area contributed by atoms with Gasteiger partial charge in [0.1, 0.15) is 0 Å². The fourth-order valence-electron chi connectivity index (χ4n) is 3.55. The lowest BCUT2D eigenvalue weighted by Crippen LogP contribution is -2.63. The van der Waals surface area contributed by atoms with E-state index < -0.39 is 0 Å². The lowest BCUT2D eigenvalue weighted by molar-refractivity contribution is -0.0929.